The number of rotatable bonds is 12. The number of carbonyl (C=O) groups is 1. The molecule has 0 aromatic heterocycles. The highest BCUT2D eigenvalue weighted by Crippen LogP contribution is 2.06. The summed E-state index contributed by atoms with van der Waals surface area (Å²) in [6, 6.07) is 0. The fraction of sp³-hybridized carbons (Fsp3) is 0.812. The molecule has 0 bridgehead atoms. The lowest BCUT2D eigenvalue weighted by molar-refractivity contribution is -0.141. The van der Waals surface area contributed by atoms with Crippen molar-refractivity contribution in [2.45, 2.75) is 78.1 Å². The van der Waals surface area contributed by atoms with Crippen molar-refractivity contribution in [3.63, 3.8) is 0 Å². The first kappa shape index (κ1) is 17.2. The first-order valence-electron chi connectivity index (χ1n) is 7.55. The predicted molar refractivity (Wildman–Crippen MR) is 77.6 cm³/mol. The van der Waals surface area contributed by atoms with Crippen LogP contribution in [0.3, 0.4) is 0 Å². The highest BCUT2D eigenvalue weighted by Gasteiger charge is 1.92. The Morgan fingerprint density at radius 2 is 1.44 bits per heavy atom. The zero-order valence-electron chi connectivity index (χ0n) is 12.2. The summed E-state index contributed by atoms with van der Waals surface area (Å²) in [6.07, 6.45) is 17.2. The summed E-state index contributed by atoms with van der Waals surface area (Å²) >= 11 is 0. The summed E-state index contributed by atoms with van der Waals surface area (Å²) in [6.45, 7) is 4.29. The quantitative estimate of drug-likeness (QED) is 0.277. The lowest BCUT2D eigenvalue weighted by Gasteiger charge is -2.00. The predicted octanol–water partition coefficient (Wildman–Crippen LogP) is 5.03. The van der Waals surface area contributed by atoms with E-state index in [2.05, 4.69) is 19.1 Å². The van der Waals surface area contributed by atoms with Gasteiger partial charge in [-0.1, -0.05) is 44.8 Å². The summed E-state index contributed by atoms with van der Waals surface area (Å²) in [7, 11) is 0. The minimum absolute atomic E-state index is 0.169. The van der Waals surface area contributed by atoms with Crippen molar-refractivity contribution in [2.75, 3.05) is 6.61 Å². The summed E-state index contributed by atoms with van der Waals surface area (Å²) in [4.78, 5) is 10.5. The molecule has 0 N–H and O–H groups in total. The van der Waals surface area contributed by atoms with Gasteiger partial charge in [0.05, 0.1) is 6.61 Å². The molecule has 0 aliphatic rings. The van der Waals surface area contributed by atoms with Gasteiger partial charge in [-0.2, -0.15) is 0 Å². The average molecular weight is 254 g/mol. The van der Waals surface area contributed by atoms with Gasteiger partial charge in [0.2, 0.25) is 0 Å². The molecule has 0 fully saturated rings. The summed E-state index contributed by atoms with van der Waals surface area (Å²) in [5, 5.41) is 0. The van der Waals surface area contributed by atoms with Gasteiger partial charge in [-0.3, -0.25) is 4.79 Å². The molecule has 0 atom stereocenters. The SMILES string of the molecule is CCCCCCC/C=C\CCCCCOC(C)=O. The Bertz CT molecular complexity index is 209. The van der Waals surface area contributed by atoms with E-state index in [4.69, 9.17) is 4.74 Å². The Morgan fingerprint density at radius 3 is 2.00 bits per heavy atom. The van der Waals surface area contributed by atoms with Gasteiger partial charge in [0.15, 0.2) is 0 Å². The van der Waals surface area contributed by atoms with Crippen molar-refractivity contribution < 1.29 is 9.53 Å². The van der Waals surface area contributed by atoms with Crippen molar-refractivity contribution in [1.82, 2.24) is 0 Å². The van der Waals surface area contributed by atoms with Gasteiger partial charge in [-0.25, -0.2) is 0 Å². The summed E-state index contributed by atoms with van der Waals surface area (Å²) in [5.74, 6) is -0.169. The zero-order chi connectivity index (χ0) is 13.5. The standard InChI is InChI=1S/C16H30O2/c1-3-4-5-6-7-8-9-10-11-12-13-14-15-18-16(2)17/h9-10H,3-8,11-15H2,1-2H3/b10-9-. The number of carbonyl (C=O) groups excluding carboxylic acids is 1. The third-order valence-electron chi connectivity index (χ3n) is 2.96. The molecule has 0 saturated carbocycles. The fourth-order valence-electron chi connectivity index (χ4n) is 1.86. The summed E-state index contributed by atoms with van der Waals surface area (Å²) in [5.41, 5.74) is 0. The Balaban J connectivity index is 3.06. The third kappa shape index (κ3) is 15.2. The van der Waals surface area contributed by atoms with Gasteiger partial charge >= 0.3 is 5.97 Å². The van der Waals surface area contributed by atoms with Crippen molar-refractivity contribution in [1.29, 1.82) is 0 Å². The Kier molecular flexibility index (Phi) is 13.6. The Hall–Kier alpha value is -0.790. The molecular formula is C16H30O2. The molecular weight excluding hydrogens is 224 g/mol. The molecule has 0 rings (SSSR count). The molecule has 0 aromatic rings. The summed E-state index contributed by atoms with van der Waals surface area (Å²) < 4.78 is 4.88. The van der Waals surface area contributed by atoms with Gasteiger partial charge in [-0.05, 0) is 38.5 Å². The second kappa shape index (κ2) is 14.3. The van der Waals surface area contributed by atoms with E-state index in [1.165, 1.54) is 51.9 Å². The highest BCUT2D eigenvalue weighted by atomic mass is 16.5. The van der Waals surface area contributed by atoms with Crippen LogP contribution < -0.4 is 0 Å². The van der Waals surface area contributed by atoms with Crippen LogP contribution >= 0.6 is 0 Å². The molecule has 0 radical (unpaired) electrons. The minimum atomic E-state index is -0.169. The number of hydrogen-bond donors (Lipinski definition) is 0. The molecule has 0 spiro atoms. The van der Waals surface area contributed by atoms with Crippen LogP contribution in [0.2, 0.25) is 0 Å². The van der Waals surface area contributed by atoms with E-state index >= 15 is 0 Å². The van der Waals surface area contributed by atoms with Crippen LogP contribution in [0.1, 0.15) is 78.1 Å². The first-order valence-corrected chi connectivity index (χ1v) is 7.55. The van der Waals surface area contributed by atoms with Crippen molar-refractivity contribution >= 4 is 5.97 Å². The first-order chi connectivity index (χ1) is 8.77. The number of hydrogen-bond acceptors (Lipinski definition) is 2. The van der Waals surface area contributed by atoms with Gasteiger partial charge in [0.25, 0.3) is 0 Å². The second-order valence-corrected chi connectivity index (χ2v) is 4.86. The van der Waals surface area contributed by atoms with E-state index in [0.29, 0.717) is 6.61 Å². The molecule has 18 heavy (non-hydrogen) atoms. The fourth-order valence-corrected chi connectivity index (χ4v) is 1.86. The van der Waals surface area contributed by atoms with Gasteiger partial charge in [0, 0.05) is 6.92 Å². The number of allylic oxidation sites excluding steroid dienone is 2. The van der Waals surface area contributed by atoms with Gasteiger partial charge in [0.1, 0.15) is 0 Å². The molecule has 0 heterocycles. The zero-order valence-corrected chi connectivity index (χ0v) is 12.2. The van der Waals surface area contributed by atoms with Gasteiger partial charge in [-0.15, -0.1) is 0 Å². The van der Waals surface area contributed by atoms with Crippen LogP contribution in [0.25, 0.3) is 0 Å². The monoisotopic (exact) mass is 254 g/mol. The average Bonchev–Trinajstić information content (AvgIpc) is 2.34. The van der Waals surface area contributed by atoms with Crippen LogP contribution in [0.4, 0.5) is 0 Å². The van der Waals surface area contributed by atoms with E-state index in [0.717, 1.165) is 19.3 Å². The molecule has 0 aliphatic heterocycles. The lowest BCUT2D eigenvalue weighted by Crippen LogP contribution is -1.99. The molecule has 106 valence electrons. The maximum atomic E-state index is 10.5. The van der Waals surface area contributed by atoms with E-state index in [9.17, 15) is 4.79 Å². The van der Waals surface area contributed by atoms with E-state index in [-0.39, 0.29) is 5.97 Å². The minimum Gasteiger partial charge on any atom is -0.466 e. The highest BCUT2D eigenvalue weighted by molar-refractivity contribution is 5.65. The van der Waals surface area contributed by atoms with Crippen LogP contribution in [0.15, 0.2) is 12.2 Å². The van der Waals surface area contributed by atoms with Crippen molar-refractivity contribution in [3.05, 3.63) is 12.2 Å². The van der Waals surface area contributed by atoms with Gasteiger partial charge < -0.3 is 4.74 Å². The van der Waals surface area contributed by atoms with Crippen molar-refractivity contribution in [2.24, 2.45) is 0 Å². The van der Waals surface area contributed by atoms with Crippen LogP contribution in [0, 0.1) is 0 Å². The van der Waals surface area contributed by atoms with Crippen LogP contribution in [-0.4, -0.2) is 12.6 Å². The van der Waals surface area contributed by atoms with E-state index in [1.807, 2.05) is 0 Å². The van der Waals surface area contributed by atoms with Crippen LogP contribution in [0.5, 0.6) is 0 Å². The molecule has 2 nitrogen and oxygen atoms in total. The molecule has 0 amide bonds. The Labute approximate surface area is 113 Å². The molecule has 0 saturated heterocycles. The normalized spacial score (nSPS) is 11.0. The maximum Gasteiger partial charge on any atom is 0.302 e. The van der Waals surface area contributed by atoms with E-state index in [1.54, 1.807) is 0 Å². The number of unbranched alkanes of at least 4 members (excludes halogenated alkanes) is 8. The maximum absolute atomic E-state index is 10.5. The smallest absolute Gasteiger partial charge is 0.302 e. The topological polar surface area (TPSA) is 26.3 Å². The number of esters is 1. The Morgan fingerprint density at radius 1 is 0.889 bits per heavy atom. The molecule has 0 aromatic carbocycles. The number of ether oxygens (including phenoxy) is 1. The molecule has 0 aliphatic carbocycles. The lowest BCUT2D eigenvalue weighted by atomic mass is 10.1. The van der Waals surface area contributed by atoms with Crippen LogP contribution in [-0.2, 0) is 9.53 Å². The third-order valence-corrected chi connectivity index (χ3v) is 2.96. The van der Waals surface area contributed by atoms with Crippen molar-refractivity contribution in [3.8, 4) is 0 Å². The largest absolute Gasteiger partial charge is 0.466 e. The second-order valence-electron chi connectivity index (χ2n) is 4.86. The molecule has 0 unspecified atom stereocenters. The van der Waals surface area contributed by atoms with E-state index < -0.39 is 0 Å². The molecule has 2 heteroatoms.